The summed E-state index contributed by atoms with van der Waals surface area (Å²) in [5.41, 5.74) is 5.16. The highest BCUT2D eigenvalue weighted by Crippen LogP contribution is 2.26. The van der Waals surface area contributed by atoms with Crippen molar-refractivity contribution in [3.63, 3.8) is 0 Å². The first-order valence-electron chi connectivity index (χ1n) is 6.91. The van der Waals surface area contributed by atoms with Crippen LogP contribution >= 0.6 is 11.6 Å². The standard InChI is InChI=1S/C17H17ClN2O/c1-11-7-15-16(8-12(11)2)20(10-19-15)9-17(21)13-5-3-4-6-14(13)18/h3-8,10,17,21H,9H2,1-2H3/t17-/m0/s1. The lowest BCUT2D eigenvalue weighted by Crippen LogP contribution is -2.08. The molecule has 0 spiro atoms. The number of benzene rings is 2. The second-order valence-electron chi connectivity index (χ2n) is 5.36. The predicted molar refractivity (Wildman–Crippen MR) is 85.6 cm³/mol. The number of halogens is 1. The van der Waals surface area contributed by atoms with Gasteiger partial charge in [0.25, 0.3) is 0 Å². The molecule has 2 aromatic carbocycles. The maximum atomic E-state index is 10.4. The lowest BCUT2D eigenvalue weighted by molar-refractivity contribution is 0.158. The van der Waals surface area contributed by atoms with Crippen LogP contribution in [0, 0.1) is 13.8 Å². The molecule has 3 nitrogen and oxygen atoms in total. The van der Waals surface area contributed by atoms with Crippen molar-refractivity contribution in [2.24, 2.45) is 0 Å². The van der Waals surface area contributed by atoms with E-state index in [-0.39, 0.29) is 0 Å². The molecule has 0 aliphatic heterocycles. The van der Waals surface area contributed by atoms with Crippen LogP contribution in [0.2, 0.25) is 5.02 Å². The molecule has 0 radical (unpaired) electrons. The van der Waals surface area contributed by atoms with E-state index in [0.717, 1.165) is 16.6 Å². The van der Waals surface area contributed by atoms with E-state index in [9.17, 15) is 5.11 Å². The first-order valence-corrected chi connectivity index (χ1v) is 7.28. The Balaban J connectivity index is 1.95. The van der Waals surface area contributed by atoms with Gasteiger partial charge in [-0.15, -0.1) is 0 Å². The smallest absolute Gasteiger partial charge is 0.0983 e. The molecule has 0 saturated carbocycles. The highest BCUT2D eigenvalue weighted by molar-refractivity contribution is 6.31. The number of hydrogen-bond donors (Lipinski definition) is 1. The average Bonchev–Trinajstić information content (AvgIpc) is 2.82. The molecule has 21 heavy (non-hydrogen) atoms. The van der Waals surface area contributed by atoms with Crippen molar-refractivity contribution in [3.05, 3.63) is 64.4 Å². The van der Waals surface area contributed by atoms with E-state index in [1.54, 1.807) is 12.4 Å². The van der Waals surface area contributed by atoms with Crippen molar-refractivity contribution < 1.29 is 5.11 Å². The highest BCUT2D eigenvalue weighted by atomic mass is 35.5. The van der Waals surface area contributed by atoms with Crippen LogP contribution in [0.1, 0.15) is 22.8 Å². The van der Waals surface area contributed by atoms with Gasteiger partial charge >= 0.3 is 0 Å². The van der Waals surface area contributed by atoms with Gasteiger partial charge in [-0.2, -0.15) is 0 Å². The second-order valence-corrected chi connectivity index (χ2v) is 5.77. The summed E-state index contributed by atoms with van der Waals surface area (Å²) in [5.74, 6) is 0. The molecule has 0 aliphatic rings. The average molecular weight is 301 g/mol. The Bertz CT molecular complexity index is 795. The van der Waals surface area contributed by atoms with Gasteiger partial charge in [0.15, 0.2) is 0 Å². The largest absolute Gasteiger partial charge is 0.386 e. The monoisotopic (exact) mass is 300 g/mol. The second kappa shape index (κ2) is 5.51. The molecule has 1 aromatic heterocycles. The fraction of sp³-hybridized carbons (Fsp3) is 0.235. The molecule has 0 saturated heterocycles. The van der Waals surface area contributed by atoms with Gasteiger partial charge in [0.1, 0.15) is 0 Å². The summed E-state index contributed by atoms with van der Waals surface area (Å²) < 4.78 is 1.97. The molecule has 1 heterocycles. The molecule has 3 aromatic rings. The van der Waals surface area contributed by atoms with Crippen molar-refractivity contribution >= 4 is 22.6 Å². The minimum absolute atomic E-state index is 0.433. The van der Waals surface area contributed by atoms with Gasteiger partial charge in [-0.05, 0) is 43.2 Å². The molecule has 108 valence electrons. The van der Waals surface area contributed by atoms with Gasteiger partial charge in [0.05, 0.1) is 30.0 Å². The molecule has 0 unspecified atom stereocenters. The first-order chi connectivity index (χ1) is 10.1. The Hall–Kier alpha value is -1.84. The summed E-state index contributed by atoms with van der Waals surface area (Å²) in [6.07, 6.45) is 1.11. The number of rotatable bonds is 3. The summed E-state index contributed by atoms with van der Waals surface area (Å²) in [5, 5.41) is 11.0. The third-order valence-corrected chi connectivity index (χ3v) is 4.21. The van der Waals surface area contributed by atoms with Crippen LogP contribution < -0.4 is 0 Å². The number of aliphatic hydroxyl groups excluding tert-OH is 1. The lowest BCUT2D eigenvalue weighted by atomic mass is 10.1. The summed E-state index contributed by atoms with van der Waals surface area (Å²) in [7, 11) is 0. The molecule has 0 amide bonds. The van der Waals surface area contributed by atoms with E-state index >= 15 is 0 Å². The van der Waals surface area contributed by atoms with Crippen LogP contribution in [0.5, 0.6) is 0 Å². The number of nitrogens with zero attached hydrogens (tertiary/aromatic N) is 2. The summed E-state index contributed by atoms with van der Waals surface area (Å²) in [6, 6.07) is 11.6. The van der Waals surface area contributed by atoms with Crippen molar-refractivity contribution in [3.8, 4) is 0 Å². The van der Waals surface area contributed by atoms with Crippen molar-refractivity contribution in [2.45, 2.75) is 26.5 Å². The number of aliphatic hydroxyl groups is 1. The molecule has 1 atom stereocenters. The van der Waals surface area contributed by atoms with Gasteiger partial charge in [-0.25, -0.2) is 4.98 Å². The van der Waals surface area contributed by atoms with Crippen LogP contribution in [0.4, 0.5) is 0 Å². The fourth-order valence-electron chi connectivity index (χ4n) is 2.49. The van der Waals surface area contributed by atoms with Crippen LogP contribution in [0.3, 0.4) is 0 Å². The predicted octanol–water partition coefficient (Wildman–Crippen LogP) is 4.04. The normalized spacial score (nSPS) is 12.8. The molecule has 4 heteroatoms. The highest BCUT2D eigenvalue weighted by Gasteiger charge is 2.13. The van der Waals surface area contributed by atoms with Gasteiger partial charge in [-0.1, -0.05) is 29.8 Å². The number of imidazole rings is 1. The van der Waals surface area contributed by atoms with Gasteiger partial charge in [0.2, 0.25) is 0 Å². The maximum Gasteiger partial charge on any atom is 0.0983 e. The van der Waals surface area contributed by atoms with Crippen molar-refractivity contribution in [2.75, 3.05) is 0 Å². The molecule has 1 N–H and O–H groups in total. The van der Waals surface area contributed by atoms with Gasteiger partial charge in [-0.3, -0.25) is 0 Å². The number of hydrogen-bond acceptors (Lipinski definition) is 2. The minimum Gasteiger partial charge on any atom is -0.386 e. The van der Waals surface area contributed by atoms with E-state index in [2.05, 4.69) is 31.0 Å². The molecule has 0 aliphatic carbocycles. The van der Waals surface area contributed by atoms with Crippen LogP contribution in [0.15, 0.2) is 42.7 Å². The SMILES string of the molecule is Cc1cc2ncn(C[C@H](O)c3ccccc3Cl)c2cc1C. The van der Waals surface area contributed by atoms with E-state index in [0.29, 0.717) is 11.6 Å². The van der Waals surface area contributed by atoms with Crippen LogP contribution in [0.25, 0.3) is 11.0 Å². The van der Waals surface area contributed by atoms with Crippen LogP contribution in [-0.2, 0) is 6.54 Å². The number of aromatic nitrogens is 2. The minimum atomic E-state index is -0.655. The Labute approximate surface area is 128 Å². The Morgan fingerprint density at radius 3 is 2.67 bits per heavy atom. The third-order valence-electron chi connectivity index (χ3n) is 3.87. The van der Waals surface area contributed by atoms with Crippen molar-refractivity contribution in [1.82, 2.24) is 9.55 Å². The molecular weight excluding hydrogens is 284 g/mol. The lowest BCUT2D eigenvalue weighted by Gasteiger charge is -2.14. The van der Waals surface area contributed by atoms with E-state index in [1.807, 2.05) is 22.8 Å². The zero-order valence-electron chi connectivity index (χ0n) is 12.0. The third kappa shape index (κ3) is 2.67. The summed E-state index contributed by atoms with van der Waals surface area (Å²) in [6.45, 7) is 4.59. The Kier molecular flexibility index (Phi) is 3.70. The molecule has 3 rings (SSSR count). The van der Waals surface area contributed by atoms with Crippen molar-refractivity contribution in [1.29, 1.82) is 0 Å². The summed E-state index contributed by atoms with van der Waals surface area (Å²) in [4.78, 5) is 4.41. The van der Waals surface area contributed by atoms with E-state index in [1.165, 1.54) is 11.1 Å². The fourth-order valence-corrected chi connectivity index (χ4v) is 2.75. The molecule has 0 bridgehead atoms. The van der Waals surface area contributed by atoms with Gasteiger partial charge in [0, 0.05) is 10.6 Å². The summed E-state index contributed by atoms with van der Waals surface area (Å²) >= 11 is 6.14. The molecule has 0 fully saturated rings. The Morgan fingerprint density at radius 1 is 1.19 bits per heavy atom. The Morgan fingerprint density at radius 2 is 1.90 bits per heavy atom. The van der Waals surface area contributed by atoms with E-state index in [4.69, 9.17) is 11.6 Å². The quantitative estimate of drug-likeness (QED) is 0.793. The maximum absolute atomic E-state index is 10.4. The number of fused-ring (bicyclic) bond motifs is 1. The zero-order valence-corrected chi connectivity index (χ0v) is 12.8. The number of aryl methyl sites for hydroxylation is 2. The zero-order chi connectivity index (χ0) is 15.0. The topological polar surface area (TPSA) is 38.0 Å². The first kappa shape index (κ1) is 14.1. The van der Waals surface area contributed by atoms with Gasteiger partial charge < -0.3 is 9.67 Å². The van der Waals surface area contributed by atoms with Crippen LogP contribution in [-0.4, -0.2) is 14.7 Å². The van der Waals surface area contributed by atoms with E-state index < -0.39 is 6.10 Å². The molecular formula is C17H17ClN2O.